The van der Waals surface area contributed by atoms with Gasteiger partial charge in [0, 0.05) is 7.11 Å². The Balaban J connectivity index is 2.25. The van der Waals surface area contributed by atoms with Gasteiger partial charge < -0.3 is 10.1 Å². The highest BCUT2D eigenvalue weighted by Gasteiger charge is 2.38. The van der Waals surface area contributed by atoms with E-state index in [-0.39, 0.29) is 0 Å². The van der Waals surface area contributed by atoms with Crippen LogP contribution in [0.2, 0.25) is 5.02 Å². The summed E-state index contributed by atoms with van der Waals surface area (Å²) in [6.45, 7) is 2.36. The molecule has 0 unspecified atom stereocenters. The molecule has 1 aliphatic heterocycles. The Morgan fingerprint density at radius 1 is 1.59 bits per heavy atom. The first-order valence-electron chi connectivity index (χ1n) is 5.78. The van der Waals surface area contributed by atoms with Crippen LogP contribution in [0, 0.1) is 0 Å². The van der Waals surface area contributed by atoms with Crippen molar-refractivity contribution >= 4 is 11.6 Å². The van der Waals surface area contributed by atoms with E-state index in [1.54, 1.807) is 11.8 Å². The summed E-state index contributed by atoms with van der Waals surface area (Å²) in [6.07, 6.45) is 2.38. The van der Waals surface area contributed by atoms with E-state index < -0.39 is 5.67 Å². The van der Waals surface area contributed by atoms with Crippen molar-refractivity contribution in [1.29, 1.82) is 0 Å². The molecular formula is C11H17ClFN3O. The number of hydrogen-bond acceptors (Lipinski definition) is 3. The quantitative estimate of drug-likeness (QED) is 0.897. The number of nitrogens with zero attached hydrogens (tertiary/aromatic N) is 2. The molecule has 17 heavy (non-hydrogen) atoms. The van der Waals surface area contributed by atoms with Crippen molar-refractivity contribution in [3.8, 4) is 0 Å². The highest BCUT2D eigenvalue weighted by Crippen LogP contribution is 2.38. The van der Waals surface area contributed by atoms with Gasteiger partial charge in [0.25, 0.3) is 0 Å². The minimum atomic E-state index is -1.37. The van der Waals surface area contributed by atoms with Crippen LogP contribution in [-0.2, 0) is 17.0 Å². The van der Waals surface area contributed by atoms with Crippen LogP contribution in [0.25, 0.3) is 0 Å². The molecule has 2 rings (SSSR count). The van der Waals surface area contributed by atoms with Gasteiger partial charge in [0.1, 0.15) is 0 Å². The summed E-state index contributed by atoms with van der Waals surface area (Å²) < 4.78 is 21.5. The van der Waals surface area contributed by atoms with Crippen LogP contribution in [0.4, 0.5) is 4.39 Å². The van der Waals surface area contributed by atoms with Gasteiger partial charge in [-0.1, -0.05) is 11.6 Å². The first kappa shape index (κ1) is 12.8. The van der Waals surface area contributed by atoms with Gasteiger partial charge in [0.2, 0.25) is 0 Å². The van der Waals surface area contributed by atoms with Crippen LogP contribution in [-0.4, -0.2) is 36.6 Å². The number of methoxy groups -OCH3 is 1. The Labute approximate surface area is 105 Å². The topological polar surface area (TPSA) is 39.1 Å². The molecule has 1 N–H and O–H groups in total. The molecule has 0 aromatic carbocycles. The molecular weight excluding hydrogens is 245 g/mol. The van der Waals surface area contributed by atoms with E-state index in [0.29, 0.717) is 49.8 Å². The minimum Gasteiger partial charge on any atom is -0.383 e. The SMILES string of the molecule is COCCn1ncc(Cl)c1C1(F)CCNCC1. The van der Waals surface area contributed by atoms with Crippen molar-refractivity contribution in [2.75, 3.05) is 26.8 Å². The van der Waals surface area contributed by atoms with Crippen LogP contribution >= 0.6 is 11.6 Å². The van der Waals surface area contributed by atoms with Crippen LogP contribution in [0.5, 0.6) is 0 Å². The molecule has 0 amide bonds. The lowest BCUT2D eigenvalue weighted by molar-refractivity contribution is 0.0991. The molecule has 0 saturated carbocycles. The van der Waals surface area contributed by atoms with Crippen LogP contribution < -0.4 is 5.32 Å². The average molecular weight is 262 g/mol. The Hall–Kier alpha value is -0.650. The van der Waals surface area contributed by atoms with Gasteiger partial charge in [0.15, 0.2) is 5.67 Å². The average Bonchev–Trinajstić information content (AvgIpc) is 2.69. The largest absolute Gasteiger partial charge is 0.383 e. The number of hydrogen-bond donors (Lipinski definition) is 1. The lowest BCUT2D eigenvalue weighted by Gasteiger charge is -2.30. The van der Waals surface area contributed by atoms with Crippen molar-refractivity contribution in [1.82, 2.24) is 15.1 Å². The number of alkyl halides is 1. The lowest BCUT2D eigenvalue weighted by atomic mass is 9.91. The van der Waals surface area contributed by atoms with E-state index in [2.05, 4.69) is 10.4 Å². The molecule has 2 heterocycles. The van der Waals surface area contributed by atoms with Gasteiger partial charge in [-0.25, -0.2) is 4.39 Å². The first-order valence-corrected chi connectivity index (χ1v) is 6.15. The summed E-state index contributed by atoms with van der Waals surface area (Å²) in [5.41, 5.74) is -0.871. The monoisotopic (exact) mass is 261 g/mol. The third-order valence-corrected chi connectivity index (χ3v) is 3.40. The molecule has 1 aliphatic rings. The number of aromatic nitrogens is 2. The van der Waals surface area contributed by atoms with E-state index in [1.165, 1.54) is 6.20 Å². The van der Waals surface area contributed by atoms with Crippen molar-refractivity contribution in [2.45, 2.75) is 25.1 Å². The molecule has 4 nitrogen and oxygen atoms in total. The summed E-state index contributed by atoms with van der Waals surface area (Å²) in [7, 11) is 1.61. The molecule has 1 aromatic heterocycles. The molecule has 0 aliphatic carbocycles. The van der Waals surface area contributed by atoms with E-state index in [9.17, 15) is 4.39 Å². The van der Waals surface area contributed by atoms with Crippen molar-refractivity contribution in [2.24, 2.45) is 0 Å². The fourth-order valence-electron chi connectivity index (χ4n) is 2.21. The second kappa shape index (κ2) is 5.33. The van der Waals surface area contributed by atoms with Crippen LogP contribution in [0.15, 0.2) is 6.20 Å². The zero-order valence-corrected chi connectivity index (χ0v) is 10.6. The fraction of sp³-hybridized carbons (Fsp3) is 0.727. The van der Waals surface area contributed by atoms with Gasteiger partial charge >= 0.3 is 0 Å². The number of halogens is 2. The number of rotatable bonds is 4. The maximum absolute atomic E-state index is 14.9. The number of nitrogens with one attached hydrogen (secondary N) is 1. The lowest BCUT2D eigenvalue weighted by Crippen LogP contribution is -2.38. The summed E-state index contributed by atoms with van der Waals surface area (Å²) in [4.78, 5) is 0. The third kappa shape index (κ3) is 2.61. The van der Waals surface area contributed by atoms with Crippen molar-refractivity contribution in [3.05, 3.63) is 16.9 Å². The molecule has 0 radical (unpaired) electrons. The molecule has 0 atom stereocenters. The molecule has 6 heteroatoms. The van der Waals surface area contributed by atoms with Gasteiger partial charge in [-0.15, -0.1) is 0 Å². The zero-order chi connectivity index (χ0) is 12.3. The molecule has 1 saturated heterocycles. The summed E-state index contributed by atoms with van der Waals surface area (Å²) in [5.74, 6) is 0. The molecule has 0 bridgehead atoms. The standard InChI is InChI=1S/C11H17ClFN3O/c1-17-7-6-16-10(9(12)8-15-16)11(13)2-4-14-5-3-11/h8,14H,2-7H2,1H3. The molecule has 96 valence electrons. The molecule has 1 aromatic rings. The van der Waals surface area contributed by atoms with Crippen molar-refractivity contribution < 1.29 is 9.13 Å². The van der Waals surface area contributed by atoms with E-state index in [1.807, 2.05) is 0 Å². The van der Waals surface area contributed by atoms with Crippen molar-refractivity contribution in [3.63, 3.8) is 0 Å². The van der Waals surface area contributed by atoms with Gasteiger partial charge in [-0.3, -0.25) is 4.68 Å². The second-order valence-electron chi connectivity index (χ2n) is 4.27. The van der Waals surface area contributed by atoms with E-state index in [0.717, 1.165) is 0 Å². The van der Waals surface area contributed by atoms with Gasteiger partial charge in [-0.05, 0) is 25.9 Å². The maximum Gasteiger partial charge on any atom is 0.156 e. The smallest absolute Gasteiger partial charge is 0.156 e. The van der Waals surface area contributed by atoms with Gasteiger partial charge in [-0.2, -0.15) is 5.10 Å². The Bertz CT molecular complexity index is 377. The van der Waals surface area contributed by atoms with E-state index >= 15 is 0 Å². The summed E-state index contributed by atoms with van der Waals surface area (Å²) >= 11 is 6.06. The number of piperidine rings is 1. The Morgan fingerprint density at radius 3 is 2.94 bits per heavy atom. The van der Waals surface area contributed by atoms with Crippen LogP contribution in [0.1, 0.15) is 18.5 Å². The maximum atomic E-state index is 14.9. The first-order chi connectivity index (χ1) is 8.17. The normalized spacial score (nSPS) is 19.5. The number of ether oxygens (including phenoxy) is 1. The minimum absolute atomic E-state index is 0.408. The predicted molar refractivity (Wildman–Crippen MR) is 64.0 cm³/mol. The molecule has 1 fully saturated rings. The Kier molecular flexibility index (Phi) is 4.01. The Morgan fingerprint density at radius 2 is 2.29 bits per heavy atom. The highest BCUT2D eigenvalue weighted by atomic mass is 35.5. The third-order valence-electron chi connectivity index (χ3n) is 3.12. The second-order valence-corrected chi connectivity index (χ2v) is 4.68. The fourth-order valence-corrected chi connectivity index (χ4v) is 2.53. The zero-order valence-electron chi connectivity index (χ0n) is 9.88. The van der Waals surface area contributed by atoms with Gasteiger partial charge in [0.05, 0.1) is 30.1 Å². The summed E-state index contributed by atoms with van der Waals surface area (Å²) in [6, 6.07) is 0. The highest BCUT2D eigenvalue weighted by molar-refractivity contribution is 6.31. The molecule has 0 spiro atoms. The predicted octanol–water partition coefficient (Wildman–Crippen LogP) is 1.73. The summed E-state index contributed by atoms with van der Waals surface area (Å²) in [5, 5.41) is 7.67. The van der Waals surface area contributed by atoms with Crippen LogP contribution in [0.3, 0.4) is 0 Å². The van der Waals surface area contributed by atoms with E-state index in [4.69, 9.17) is 16.3 Å².